The van der Waals surface area contributed by atoms with Crippen molar-refractivity contribution in [2.24, 2.45) is 0 Å². The lowest BCUT2D eigenvalue weighted by Crippen LogP contribution is -2.12. The van der Waals surface area contributed by atoms with Crippen LogP contribution >= 0.6 is 34.5 Å². The van der Waals surface area contributed by atoms with Gasteiger partial charge in [0.25, 0.3) is 10.0 Å². The first-order valence-corrected chi connectivity index (χ1v) is 7.84. The minimum absolute atomic E-state index is 0.0712. The lowest BCUT2D eigenvalue weighted by Gasteiger charge is -2.08. The molecular weight excluding hydrogens is 315 g/mol. The predicted molar refractivity (Wildman–Crippen MR) is 74.1 cm³/mol. The molecule has 0 aliphatic carbocycles. The third kappa shape index (κ3) is 2.95. The van der Waals surface area contributed by atoms with Gasteiger partial charge >= 0.3 is 0 Å². The van der Waals surface area contributed by atoms with E-state index in [1.807, 2.05) is 0 Å². The monoisotopic (exact) mass is 322 g/mol. The molecule has 0 saturated carbocycles. The van der Waals surface area contributed by atoms with E-state index in [1.54, 1.807) is 25.1 Å². The molecule has 96 valence electrons. The van der Waals surface area contributed by atoms with Crippen LogP contribution in [0.1, 0.15) is 5.56 Å². The summed E-state index contributed by atoms with van der Waals surface area (Å²) in [6, 6.07) is 4.91. The molecular formula is C10H8Cl2N2O2S2. The van der Waals surface area contributed by atoms with Gasteiger partial charge in [0, 0.05) is 5.02 Å². The van der Waals surface area contributed by atoms with E-state index in [0.29, 0.717) is 10.7 Å². The molecule has 0 saturated heterocycles. The van der Waals surface area contributed by atoms with Crippen molar-refractivity contribution < 1.29 is 8.42 Å². The minimum atomic E-state index is -3.65. The number of sulfonamides is 1. The van der Waals surface area contributed by atoms with Crippen molar-refractivity contribution in [1.82, 2.24) is 4.98 Å². The molecule has 1 aromatic heterocycles. The van der Waals surface area contributed by atoms with Gasteiger partial charge in [0.2, 0.25) is 0 Å². The Kier molecular flexibility index (Phi) is 3.82. The molecule has 1 aromatic carbocycles. The van der Waals surface area contributed by atoms with E-state index < -0.39 is 10.0 Å². The van der Waals surface area contributed by atoms with Gasteiger partial charge < -0.3 is 0 Å². The number of aromatic nitrogens is 1. The summed E-state index contributed by atoms with van der Waals surface area (Å²) in [7, 11) is -3.65. The lowest BCUT2D eigenvalue weighted by molar-refractivity contribution is 0.603. The molecule has 1 heterocycles. The van der Waals surface area contributed by atoms with Crippen molar-refractivity contribution in [3.63, 3.8) is 0 Å². The fraction of sp³-hybridized carbons (Fsp3) is 0.100. The van der Waals surface area contributed by atoms with Crippen LogP contribution in [0.25, 0.3) is 0 Å². The normalized spacial score (nSPS) is 11.5. The zero-order valence-corrected chi connectivity index (χ0v) is 12.3. The average molecular weight is 323 g/mol. The maximum atomic E-state index is 12.0. The molecule has 0 fully saturated rings. The summed E-state index contributed by atoms with van der Waals surface area (Å²) < 4.78 is 26.8. The second-order valence-corrected chi connectivity index (χ2v) is 7.46. The van der Waals surface area contributed by atoms with E-state index in [9.17, 15) is 8.42 Å². The van der Waals surface area contributed by atoms with Crippen LogP contribution in [0.2, 0.25) is 9.49 Å². The summed E-state index contributed by atoms with van der Waals surface area (Å²) in [5.74, 6) is 0. The maximum Gasteiger partial charge on any atom is 0.273 e. The van der Waals surface area contributed by atoms with E-state index in [4.69, 9.17) is 23.2 Å². The molecule has 0 aliphatic rings. The van der Waals surface area contributed by atoms with Crippen LogP contribution in [-0.4, -0.2) is 13.4 Å². The molecule has 0 unspecified atom stereocenters. The van der Waals surface area contributed by atoms with Crippen LogP contribution in [0.15, 0.2) is 28.6 Å². The van der Waals surface area contributed by atoms with E-state index in [1.165, 1.54) is 6.20 Å². The number of nitrogens with zero attached hydrogens (tertiary/aromatic N) is 1. The molecule has 0 aliphatic heterocycles. The molecule has 18 heavy (non-hydrogen) atoms. The van der Waals surface area contributed by atoms with Crippen molar-refractivity contribution in [1.29, 1.82) is 0 Å². The van der Waals surface area contributed by atoms with E-state index in [2.05, 4.69) is 9.71 Å². The SMILES string of the molecule is Cc1cc(Cl)ccc1NS(=O)(=O)c1cnc(Cl)s1. The Morgan fingerprint density at radius 2 is 2.06 bits per heavy atom. The van der Waals surface area contributed by atoms with Crippen LogP contribution in [-0.2, 0) is 10.0 Å². The van der Waals surface area contributed by atoms with E-state index >= 15 is 0 Å². The Labute approximate surface area is 119 Å². The summed E-state index contributed by atoms with van der Waals surface area (Å²) in [5.41, 5.74) is 1.21. The number of rotatable bonds is 3. The second kappa shape index (κ2) is 5.05. The Morgan fingerprint density at radius 1 is 1.33 bits per heavy atom. The summed E-state index contributed by atoms with van der Waals surface area (Å²) in [4.78, 5) is 3.70. The molecule has 2 aromatic rings. The van der Waals surface area contributed by atoms with Crippen molar-refractivity contribution >= 4 is 50.2 Å². The highest BCUT2D eigenvalue weighted by Gasteiger charge is 2.18. The van der Waals surface area contributed by atoms with Crippen molar-refractivity contribution in [3.8, 4) is 0 Å². The minimum Gasteiger partial charge on any atom is -0.279 e. The summed E-state index contributed by atoms with van der Waals surface area (Å²) >= 11 is 12.3. The number of aryl methyl sites for hydroxylation is 1. The number of halogens is 2. The molecule has 1 N–H and O–H groups in total. The topological polar surface area (TPSA) is 59.1 Å². The Balaban J connectivity index is 2.33. The summed E-state index contributed by atoms with van der Waals surface area (Å²) in [6.45, 7) is 1.77. The smallest absolute Gasteiger partial charge is 0.273 e. The van der Waals surface area contributed by atoms with Crippen LogP contribution in [0, 0.1) is 6.92 Å². The van der Waals surface area contributed by atoms with E-state index in [0.717, 1.165) is 16.9 Å². The Bertz CT molecular complexity index is 683. The second-order valence-electron chi connectivity index (χ2n) is 3.50. The van der Waals surface area contributed by atoms with Gasteiger partial charge in [0.05, 0.1) is 11.9 Å². The van der Waals surface area contributed by atoms with Crippen LogP contribution in [0.4, 0.5) is 5.69 Å². The lowest BCUT2D eigenvalue weighted by atomic mass is 10.2. The molecule has 2 rings (SSSR count). The van der Waals surface area contributed by atoms with Crippen LogP contribution < -0.4 is 4.72 Å². The van der Waals surface area contributed by atoms with Crippen LogP contribution in [0.5, 0.6) is 0 Å². The highest BCUT2D eigenvalue weighted by Crippen LogP contribution is 2.26. The maximum absolute atomic E-state index is 12.0. The molecule has 0 bridgehead atoms. The predicted octanol–water partition coefficient (Wildman–Crippen LogP) is 3.56. The van der Waals surface area contributed by atoms with Gasteiger partial charge in [0.15, 0.2) is 8.68 Å². The largest absolute Gasteiger partial charge is 0.279 e. The van der Waals surface area contributed by atoms with Crippen molar-refractivity contribution in [3.05, 3.63) is 39.4 Å². The number of anilines is 1. The van der Waals surface area contributed by atoms with E-state index in [-0.39, 0.29) is 8.68 Å². The van der Waals surface area contributed by atoms with Crippen molar-refractivity contribution in [2.45, 2.75) is 11.1 Å². The van der Waals surface area contributed by atoms with Gasteiger partial charge in [-0.2, -0.15) is 0 Å². The van der Waals surface area contributed by atoms with Gasteiger partial charge in [0.1, 0.15) is 0 Å². The number of benzene rings is 1. The summed E-state index contributed by atoms with van der Waals surface area (Å²) in [6.07, 6.45) is 1.22. The molecule has 0 spiro atoms. The van der Waals surface area contributed by atoms with Gasteiger partial charge in [-0.1, -0.05) is 34.5 Å². The quantitative estimate of drug-likeness (QED) is 0.939. The Hall–Kier alpha value is -0.820. The third-order valence-electron chi connectivity index (χ3n) is 2.15. The molecule has 0 radical (unpaired) electrons. The fourth-order valence-electron chi connectivity index (χ4n) is 1.30. The first kappa shape index (κ1) is 13.6. The van der Waals surface area contributed by atoms with Gasteiger partial charge in [-0.05, 0) is 30.7 Å². The standard InChI is InChI=1S/C10H8Cl2N2O2S2/c1-6-4-7(11)2-3-8(6)14-18(15,16)9-5-13-10(12)17-9/h2-5,14H,1H3. The number of hydrogen-bond donors (Lipinski definition) is 1. The van der Waals surface area contributed by atoms with Crippen LogP contribution in [0.3, 0.4) is 0 Å². The van der Waals surface area contributed by atoms with Gasteiger partial charge in [-0.25, -0.2) is 13.4 Å². The summed E-state index contributed by atoms with van der Waals surface area (Å²) in [5, 5.41) is 0.552. The number of thiazole rings is 1. The number of nitrogens with one attached hydrogen (secondary N) is 1. The Morgan fingerprint density at radius 3 is 2.61 bits per heavy atom. The third-order valence-corrected chi connectivity index (χ3v) is 5.33. The molecule has 0 atom stereocenters. The molecule has 0 amide bonds. The fourth-order valence-corrected chi connectivity index (χ4v) is 3.95. The highest BCUT2D eigenvalue weighted by atomic mass is 35.5. The average Bonchev–Trinajstić information content (AvgIpc) is 2.70. The zero-order chi connectivity index (χ0) is 13.3. The van der Waals surface area contributed by atoms with Crippen molar-refractivity contribution in [2.75, 3.05) is 4.72 Å². The highest BCUT2D eigenvalue weighted by molar-refractivity contribution is 7.94. The molecule has 4 nitrogen and oxygen atoms in total. The zero-order valence-electron chi connectivity index (χ0n) is 9.15. The van der Waals surface area contributed by atoms with Gasteiger partial charge in [-0.15, -0.1) is 0 Å². The first-order valence-electron chi connectivity index (χ1n) is 4.79. The first-order chi connectivity index (χ1) is 8.38. The van der Waals surface area contributed by atoms with Gasteiger partial charge in [-0.3, -0.25) is 4.72 Å². The number of hydrogen-bond acceptors (Lipinski definition) is 4. The molecule has 8 heteroatoms.